The fourth-order valence-corrected chi connectivity index (χ4v) is 3.51. The second kappa shape index (κ2) is 6.05. The standard InChI is InChI=1S/C15H28N2O/c1-3-11(2)14(16)15(18)17-9-8-12-6-4-5-7-13(12)10-17/h11-14H,3-10,16H2,1-2H3/t11?,12?,13?,14-/m0/s1. The normalized spacial score (nSPS) is 31.6. The quantitative estimate of drug-likeness (QED) is 0.838. The monoisotopic (exact) mass is 252 g/mol. The summed E-state index contributed by atoms with van der Waals surface area (Å²) < 4.78 is 0. The molecule has 2 rings (SSSR count). The van der Waals surface area contributed by atoms with Crippen molar-refractivity contribution in [2.75, 3.05) is 13.1 Å². The minimum Gasteiger partial charge on any atom is -0.341 e. The number of hydrogen-bond donors (Lipinski definition) is 1. The highest BCUT2D eigenvalue weighted by Crippen LogP contribution is 2.36. The number of carbonyl (C=O) groups is 1. The van der Waals surface area contributed by atoms with E-state index in [1.54, 1.807) is 0 Å². The summed E-state index contributed by atoms with van der Waals surface area (Å²) in [6.45, 7) is 6.08. The molecule has 1 aliphatic heterocycles. The van der Waals surface area contributed by atoms with Crippen molar-refractivity contribution in [2.24, 2.45) is 23.5 Å². The fraction of sp³-hybridized carbons (Fsp3) is 0.933. The lowest BCUT2D eigenvalue weighted by atomic mass is 9.75. The van der Waals surface area contributed by atoms with Crippen molar-refractivity contribution in [2.45, 2.75) is 58.4 Å². The van der Waals surface area contributed by atoms with Crippen molar-refractivity contribution in [1.82, 2.24) is 4.90 Å². The topological polar surface area (TPSA) is 46.3 Å². The van der Waals surface area contributed by atoms with Crippen molar-refractivity contribution >= 4 is 5.91 Å². The molecule has 1 aliphatic carbocycles. The summed E-state index contributed by atoms with van der Waals surface area (Å²) in [5.74, 6) is 2.11. The van der Waals surface area contributed by atoms with Crippen LogP contribution < -0.4 is 5.73 Å². The summed E-state index contributed by atoms with van der Waals surface area (Å²) in [6, 6.07) is -0.296. The van der Waals surface area contributed by atoms with Gasteiger partial charge in [0, 0.05) is 13.1 Å². The number of rotatable bonds is 3. The van der Waals surface area contributed by atoms with E-state index >= 15 is 0 Å². The zero-order chi connectivity index (χ0) is 13.1. The maximum absolute atomic E-state index is 12.4. The number of nitrogens with two attached hydrogens (primary N) is 1. The highest BCUT2D eigenvalue weighted by Gasteiger charge is 2.35. The number of nitrogens with zero attached hydrogens (tertiary/aromatic N) is 1. The van der Waals surface area contributed by atoms with Crippen molar-refractivity contribution in [3.8, 4) is 0 Å². The van der Waals surface area contributed by atoms with Gasteiger partial charge in [-0.2, -0.15) is 0 Å². The van der Waals surface area contributed by atoms with Gasteiger partial charge in [-0.3, -0.25) is 4.79 Å². The predicted octanol–water partition coefficient (Wildman–Crippen LogP) is 2.40. The molecule has 2 fully saturated rings. The summed E-state index contributed by atoms with van der Waals surface area (Å²) in [7, 11) is 0. The molecule has 3 heteroatoms. The third-order valence-corrected chi connectivity index (χ3v) is 5.15. The molecule has 1 amide bonds. The van der Waals surface area contributed by atoms with Gasteiger partial charge in [-0.15, -0.1) is 0 Å². The minimum absolute atomic E-state index is 0.188. The van der Waals surface area contributed by atoms with Gasteiger partial charge < -0.3 is 10.6 Å². The second-order valence-corrected chi connectivity index (χ2v) is 6.29. The number of carbonyl (C=O) groups excluding carboxylic acids is 1. The number of amides is 1. The molecule has 18 heavy (non-hydrogen) atoms. The van der Waals surface area contributed by atoms with E-state index in [0.29, 0.717) is 5.92 Å². The molecule has 1 heterocycles. The van der Waals surface area contributed by atoms with E-state index in [4.69, 9.17) is 5.73 Å². The second-order valence-electron chi connectivity index (χ2n) is 6.29. The maximum atomic E-state index is 12.4. The van der Waals surface area contributed by atoms with Gasteiger partial charge in [0.15, 0.2) is 0 Å². The molecule has 0 spiro atoms. The van der Waals surface area contributed by atoms with Crippen LogP contribution in [0.1, 0.15) is 52.4 Å². The molecule has 3 unspecified atom stereocenters. The van der Waals surface area contributed by atoms with Gasteiger partial charge >= 0.3 is 0 Å². The lowest BCUT2D eigenvalue weighted by Crippen LogP contribution is -2.52. The summed E-state index contributed by atoms with van der Waals surface area (Å²) >= 11 is 0. The van der Waals surface area contributed by atoms with Gasteiger partial charge in [-0.05, 0) is 30.6 Å². The van der Waals surface area contributed by atoms with E-state index in [1.165, 1.54) is 32.1 Å². The predicted molar refractivity (Wildman–Crippen MR) is 74.1 cm³/mol. The van der Waals surface area contributed by atoms with Gasteiger partial charge in [0.2, 0.25) is 5.91 Å². The van der Waals surface area contributed by atoms with Crippen LogP contribution in [-0.4, -0.2) is 29.9 Å². The van der Waals surface area contributed by atoms with Crippen LogP contribution in [-0.2, 0) is 4.79 Å². The Morgan fingerprint density at radius 2 is 1.94 bits per heavy atom. The van der Waals surface area contributed by atoms with E-state index in [2.05, 4.69) is 13.8 Å². The number of piperidine rings is 1. The fourth-order valence-electron chi connectivity index (χ4n) is 3.51. The minimum atomic E-state index is -0.296. The van der Waals surface area contributed by atoms with Crippen LogP contribution in [0, 0.1) is 17.8 Å². The Bertz CT molecular complexity index is 292. The summed E-state index contributed by atoms with van der Waals surface area (Å²) in [4.78, 5) is 14.4. The molecule has 2 N–H and O–H groups in total. The van der Waals surface area contributed by atoms with E-state index < -0.39 is 0 Å². The lowest BCUT2D eigenvalue weighted by molar-refractivity contribution is -0.136. The van der Waals surface area contributed by atoms with Gasteiger partial charge in [-0.1, -0.05) is 39.5 Å². The molecule has 4 atom stereocenters. The third kappa shape index (κ3) is 2.87. The summed E-state index contributed by atoms with van der Waals surface area (Å²) in [5.41, 5.74) is 6.08. The zero-order valence-corrected chi connectivity index (χ0v) is 11.9. The number of likely N-dealkylation sites (tertiary alicyclic amines) is 1. The SMILES string of the molecule is CCC(C)[C@H](N)C(=O)N1CCC2CCCCC2C1. The molecular weight excluding hydrogens is 224 g/mol. The molecule has 1 saturated carbocycles. The average Bonchev–Trinajstić information content (AvgIpc) is 2.44. The Kier molecular flexibility index (Phi) is 4.66. The molecule has 0 aromatic rings. The van der Waals surface area contributed by atoms with Gasteiger partial charge in [0.25, 0.3) is 0 Å². The first kappa shape index (κ1) is 13.9. The zero-order valence-electron chi connectivity index (χ0n) is 11.9. The van der Waals surface area contributed by atoms with Crippen molar-refractivity contribution in [3.05, 3.63) is 0 Å². The molecule has 0 bridgehead atoms. The first-order valence-corrected chi connectivity index (χ1v) is 7.67. The maximum Gasteiger partial charge on any atom is 0.239 e. The summed E-state index contributed by atoms with van der Waals surface area (Å²) in [5, 5.41) is 0. The van der Waals surface area contributed by atoms with E-state index in [0.717, 1.165) is 31.3 Å². The molecule has 2 aliphatic rings. The van der Waals surface area contributed by atoms with Crippen LogP contribution >= 0.6 is 0 Å². The van der Waals surface area contributed by atoms with Crippen LogP contribution in [0.4, 0.5) is 0 Å². The number of hydrogen-bond acceptors (Lipinski definition) is 2. The Labute approximate surface area is 111 Å². The Morgan fingerprint density at radius 3 is 2.61 bits per heavy atom. The van der Waals surface area contributed by atoms with Crippen molar-refractivity contribution in [1.29, 1.82) is 0 Å². The van der Waals surface area contributed by atoms with Gasteiger partial charge in [0.05, 0.1) is 6.04 Å². The largest absolute Gasteiger partial charge is 0.341 e. The smallest absolute Gasteiger partial charge is 0.239 e. The Hall–Kier alpha value is -0.570. The molecular formula is C15H28N2O. The molecule has 1 saturated heterocycles. The number of fused-ring (bicyclic) bond motifs is 1. The highest BCUT2D eigenvalue weighted by atomic mass is 16.2. The molecule has 0 aromatic heterocycles. The first-order valence-electron chi connectivity index (χ1n) is 7.67. The lowest BCUT2D eigenvalue weighted by Gasteiger charge is -2.42. The Morgan fingerprint density at radius 1 is 1.28 bits per heavy atom. The highest BCUT2D eigenvalue weighted by molar-refractivity contribution is 5.82. The van der Waals surface area contributed by atoms with Crippen molar-refractivity contribution in [3.63, 3.8) is 0 Å². The molecule has 0 aromatic carbocycles. The summed E-state index contributed by atoms with van der Waals surface area (Å²) in [6.07, 6.45) is 7.61. The van der Waals surface area contributed by atoms with Gasteiger partial charge in [0.1, 0.15) is 0 Å². The van der Waals surface area contributed by atoms with Crippen LogP contribution in [0.25, 0.3) is 0 Å². The van der Waals surface area contributed by atoms with Gasteiger partial charge in [-0.25, -0.2) is 0 Å². The van der Waals surface area contributed by atoms with Crippen LogP contribution in [0.15, 0.2) is 0 Å². The van der Waals surface area contributed by atoms with Crippen LogP contribution in [0.5, 0.6) is 0 Å². The molecule has 104 valence electrons. The Balaban J connectivity index is 1.92. The first-order chi connectivity index (χ1) is 8.63. The van der Waals surface area contributed by atoms with E-state index in [1.807, 2.05) is 4.90 Å². The molecule has 0 radical (unpaired) electrons. The third-order valence-electron chi connectivity index (χ3n) is 5.15. The molecule has 3 nitrogen and oxygen atoms in total. The van der Waals surface area contributed by atoms with Crippen LogP contribution in [0.3, 0.4) is 0 Å². The van der Waals surface area contributed by atoms with E-state index in [-0.39, 0.29) is 11.9 Å². The average molecular weight is 252 g/mol. The van der Waals surface area contributed by atoms with Crippen LogP contribution in [0.2, 0.25) is 0 Å². The van der Waals surface area contributed by atoms with Crippen molar-refractivity contribution < 1.29 is 4.79 Å². The van der Waals surface area contributed by atoms with E-state index in [9.17, 15) is 4.79 Å².